The fourth-order valence-corrected chi connectivity index (χ4v) is 10.5. The molecule has 3 aromatic carbocycles. The van der Waals surface area contributed by atoms with E-state index in [0.717, 1.165) is 5.66 Å². The van der Waals surface area contributed by atoms with Gasteiger partial charge in [0.05, 0.1) is 0 Å². The van der Waals surface area contributed by atoms with Crippen LogP contribution in [0.2, 0.25) is 0 Å². The topological polar surface area (TPSA) is 0 Å². The Balaban J connectivity index is 1.58. The van der Waals surface area contributed by atoms with E-state index in [9.17, 15) is 0 Å². The summed E-state index contributed by atoms with van der Waals surface area (Å²) in [7, 11) is -0.294. The van der Waals surface area contributed by atoms with Crippen LogP contribution >= 0.6 is 15.8 Å². The standard InChI is InChI=1S/C25H28P2/c1-21(20-25-18-11-19-26(25)22-12-5-2-6-13-22)27(23-14-7-3-8-15-23)24-16-9-4-10-17-24/h2-10,12-17,21,25H,11,18-20H2,1H3/t21-,25+,26+/m0/s1. The third-order valence-corrected chi connectivity index (χ3v) is 11.5. The lowest BCUT2D eigenvalue weighted by Crippen LogP contribution is -2.23. The normalized spacial score (nSPS) is 20.7. The molecule has 3 atom stereocenters. The molecule has 1 fully saturated rings. The highest BCUT2D eigenvalue weighted by molar-refractivity contribution is 7.73. The molecule has 0 N–H and O–H groups in total. The zero-order chi connectivity index (χ0) is 18.5. The van der Waals surface area contributed by atoms with Crippen molar-refractivity contribution in [2.75, 3.05) is 6.16 Å². The molecule has 0 nitrogen and oxygen atoms in total. The molecular formula is C25H28P2. The first kappa shape index (κ1) is 18.9. The maximum Gasteiger partial charge on any atom is -0.0151 e. The monoisotopic (exact) mass is 390 g/mol. The van der Waals surface area contributed by atoms with Crippen molar-refractivity contribution in [2.45, 2.75) is 37.5 Å². The minimum atomic E-state index is -0.306. The maximum atomic E-state index is 2.50. The van der Waals surface area contributed by atoms with Crippen LogP contribution in [-0.2, 0) is 0 Å². The van der Waals surface area contributed by atoms with Crippen molar-refractivity contribution in [3.63, 3.8) is 0 Å². The molecule has 1 heterocycles. The fourth-order valence-electron chi connectivity index (χ4n) is 4.37. The number of benzene rings is 3. The minimum Gasteiger partial charge on any atom is -0.0721 e. The maximum absolute atomic E-state index is 2.50. The van der Waals surface area contributed by atoms with Gasteiger partial charge >= 0.3 is 0 Å². The van der Waals surface area contributed by atoms with Crippen LogP contribution in [0.1, 0.15) is 26.2 Å². The van der Waals surface area contributed by atoms with Gasteiger partial charge in [-0.05, 0) is 60.6 Å². The molecule has 0 spiro atoms. The summed E-state index contributed by atoms with van der Waals surface area (Å²) in [4.78, 5) is 0. The molecule has 138 valence electrons. The van der Waals surface area contributed by atoms with Crippen LogP contribution in [0.4, 0.5) is 0 Å². The molecule has 0 saturated carbocycles. The Labute approximate surface area is 166 Å². The lowest BCUT2D eigenvalue weighted by molar-refractivity contribution is 0.706. The second-order valence-corrected chi connectivity index (χ2v) is 12.7. The smallest absolute Gasteiger partial charge is 0.0151 e. The Morgan fingerprint density at radius 3 is 1.89 bits per heavy atom. The minimum absolute atomic E-state index is 0.0116. The van der Waals surface area contributed by atoms with Crippen molar-refractivity contribution in [2.24, 2.45) is 0 Å². The van der Waals surface area contributed by atoms with Crippen molar-refractivity contribution in [1.29, 1.82) is 0 Å². The molecule has 0 aromatic heterocycles. The van der Waals surface area contributed by atoms with Crippen LogP contribution in [0.3, 0.4) is 0 Å². The second-order valence-electron chi connectivity index (χ2n) is 7.45. The van der Waals surface area contributed by atoms with Crippen molar-refractivity contribution in [3.8, 4) is 0 Å². The summed E-state index contributed by atoms with van der Waals surface area (Å²) in [5.41, 5.74) is 1.59. The predicted molar refractivity (Wildman–Crippen MR) is 124 cm³/mol. The van der Waals surface area contributed by atoms with Crippen molar-refractivity contribution in [3.05, 3.63) is 91.0 Å². The van der Waals surface area contributed by atoms with Crippen molar-refractivity contribution < 1.29 is 0 Å². The van der Waals surface area contributed by atoms with E-state index in [1.165, 1.54) is 36.0 Å². The van der Waals surface area contributed by atoms with E-state index in [-0.39, 0.29) is 15.8 Å². The van der Waals surface area contributed by atoms with Gasteiger partial charge in [-0.25, -0.2) is 0 Å². The first-order valence-electron chi connectivity index (χ1n) is 10.0. The van der Waals surface area contributed by atoms with Crippen LogP contribution < -0.4 is 15.9 Å². The van der Waals surface area contributed by atoms with Gasteiger partial charge in [0.2, 0.25) is 0 Å². The quantitative estimate of drug-likeness (QED) is 0.462. The van der Waals surface area contributed by atoms with Crippen LogP contribution in [0.15, 0.2) is 91.0 Å². The Kier molecular flexibility index (Phi) is 6.39. The summed E-state index contributed by atoms with van der Waals surface area (Å²) in [6.45, 7) is 2.50. The largest absolute Gasteiger partial charge is 0.0721 e. The highest BCUT2D eigenvalue weighted by atomic mass is 31.1. The highest BCUT2D eigenvalue weighted by Gasteiger charge is 2.32. The van der Waals surface area contributed by atoms with E-state index >= 15 is 0 Å². The molecule has 1 aliphatic rings. The summed E-state index contributed by atoms with van der Waals surface area (Å²) in [5.74, 6) is 0. The van der Waals surface area contributed by atoms with Gasteiger partial charge in [0.1, 0.15) is 0 Å². The molecule has 27 heavy (non-hydrogen) atoms. The van der Waals surface area contributed by atoms with Gasteiger partial charge in [0.25, 0.3) is 0 Å². The van der Waals surface area contributed by atoms with Crippen LogP contribution in [0.25, 0.3) is 0 Å². The Hall–Kier alpha value is -1.48. The SMILES string of the molecule is C[C@@H](C[C@H]1CCC[P@]1c1ccccc1)P(c1ccccc1)c1ccccc1. The average Bonchev–Trinajstić information content (AvgIpc) is 3.18. The van der Waals surface area contributed by atoms with Gasteiger partial charge in [-0.1, -0.05) is 106 Å². The first-order valence-corrected chi connectivity index (χ1v) is 13.0. The molecule has 0 radical (unpaired) electrons. The summed E-state index contributed by atoms with van der Waals surface area (Å²) in [5, 5.41) is 4.66. The fraction of sp³-hybridized carbons (Fsp3) is 0.280. The molecule has 0 unspecified atom stereocenters. The van der Waals surface area contributed by atoms with E-state index in [2.05, 4.69) is 97.9 Å². The van der Waals surface area contributed by atoms with Gasteiger partial charge in [0.15, 0.2) is 0 Å². The van der Waals surface area contributed by atoms with E-state index < -0.39 is 0 Å². The molecular weight excluding hydrogens is 362 g/mol. The van der Waals surface area contributed by atoms with Crippen molar-refractivity contribution >= 4 is 31.8 Å². The predicted octanol–water partition coefficient (Wildman–Crippen LogP) is 5.87. The summed E-state index contributed by atoms with van der Waals surface area (Å²) in [6, 6.07) is 33.8. The number of hydrogen-bond acceptors (Lipinski definition) is 0. The lowest BCUT2D eigenvalue weighted by Gasteiger charge is -2.30. The van der Waals surface area contributed by atoms with Crippen LogP contribution in [0.5, 0.6) is 0 Å². The molecule has 2 heteroatoms. The van der Waals surface area contributed by atoms with Gasteiger partial charge in [0, 0.05) is 0 Å². The molecule has 0 amide bonds. The number of rotatable bonds is 6. The van der Waals surface area contributed by atoms with Gasteiger partial charge < -0.3 is 0 Å². The Morgan fingerprint density at radius 2 is 1.33 bits per heavy atom. The zero-order valence-corrected chi connectivity index (χ0v) is 17.8. The zero-order valence-electron chi connectivity index (χ0n) is 16.0. The third-order valence-electron chi connectivity index (χ3n) is 5.59. The molecule has 1 saturated heterocycles. The number of hydrogen-bond donors (Lipinski definition) is 0. The Bertz CT molecular complexity index is 777. The summed E-state index contributed by atoms with van der Waals surface area (Å²) >= 11 is 0. The lowest BCUT2D eigenvalue weighted by atomic mass is 10.2. The highest BCUT2D eigenvalue weighted by Crippen LogP contribution is 2.53. The summed E-state index contributed by atoms with van der Waals surface area (Å²) in [6.07, 6.45) is 5.60. The second kappa shape index (κ2) is 9.14. The van der Waals surface area contributed by atoms with E-state index in [1.54, 1.807) is 5.30 Å². The van der Waals surface area contributed by atoms with E-state index in [0.29, 0.717) is 5.66 Å². The van der Waals surface area contributed by atoms with Crippen LogP contribution in [-0.4, -0.2) is 17.5 Å². The van der Waals surface area contributed by atoms with Gasteiger partial charge in [-0.15, -0.1) is 0 Å². The van der Waals surface area contributed by atoms with Gasteiger partial charge in [-0.3, -0.25) is 0 Å². The molecule has 0 bridgehead atoms. The van der Waals surface area contributed by atoms with E-state index in [1.807, 2.05) is 0 Å². The summed E-state index contributed by atoms with van der Waals surface area (Å²) < 4.78 is 0. The average molecular weight is 390 g/mol. The van der Waals surface area contributed by atoms with E-state index in [4.69, 9.17) is 0 Å². The molecule has 0 aliphatic carbocycles. The van der Waals surface area contributed by atoms with Gasteiger partial charge in [-0.2, -0.15) is 0 Å². The Morgan fingerprint density at radius 1 is 0.815 bits per heavy atom. The molecule has 4 rings (SSSR count). The first-order chi connectivity index (χ1) is 13.3. The van der Waals surface area contributed by atoms with Crippen molar-refractivity contribution in [1.82, 2.24) is 0 Å². The van der Waals surface area contributed by atoms with Crippen LogP contribution in [0, 0.1) is 0 Å². The third kappa shape index (κ3) is 4.51. The molecule has 3 aromatic rings. The molecule has 1 aliphatic heterocycles.